The maximum absolute atomic E-state index is 8.52. The Morgan fingerprint density at radius 1 is 1.46 bits per heavy atom. The summed E-state index contributed by atoms with van der Waals surface area (Å²) in [6, 6.07) is 3.81. The van der Waals surface area contributed by atoms with Gasteiger partial charge in [0.25, 0.3) is 0 Å². The summed E-state index contributed by atoms with van der Waals surface area (Å²) < 4.78 is 5.18. The zero-order valence-corrected chi connectivity index (χ0v) is 8.03. The lowest BCUT2D eigenvalue weighted by atomic mass is 10.1. The second kappa shape index (κ2) is 4.82. The fourth-order valence-electron chi connectivity index (χ4n) is 0.982. The molecule has 0 aromatic carbocycles. The van der Waals surface area contributed by atoms with E-state index in [2.05, 4.69) is 18.8 Å². The molecule has 0 fully saturated rings. The minimum Gasteiger partial charge on any atom is -0.490 e. The van der Waals surface area contributed by atoms with Crippen molar-refractivity contribution < 1.29 is 9.84 Å². The lowest BCUT2D eigenvalue weighted by Crippen LogP contribution is -2.02. The van der Waals surface area contributed by atoms with Crippen molar-refractivity contribution in [2.45, 2.75) is 19.8 Å². The molecular formula is C10H15NO2. The van der Waals surface area contributed by atoms with Gasteiger partial charge in [0.1, 0.15) is 12.4 Å². The molecule has 0 aliphatic heterocycles. The van der Waals surface area contributed by atoms with Crippen LogP contribution in [0.2, 0.25) is 0 Å². The quantitative estimate of drug-likeness (QED) is 0.766. The largest absolute Gasteiger partial charge is 0.490 e. The van der Waals surface area contributed by atoms with E-state index < -0.39 is 0 Å². The van der Waals surface area contributed by atoms with Crippen molar-refractivity contribution in [2.75, 3.05) is 13.2 Å². The van der Waals surface area contributed by atoms with Crippen molar-refractivity contribution in [3.05, 3.63) is 24.0 Å². The summed E-state index contributed by atoms with van der Waals surface area (Å²) in [5, 5.41) is 8.52. The Morgan fingerprint density at radius 2 is 2.23 bits per heavy atom. The van der Waals surface area contributed by atoms with E-state index in [4.69, 9.17) is 9.84 Å². The highest BCUT2D eigenvalue weighted by molar-refractivity contribution is 5.21. The van der Waals surface area contributed by atoms with Gasteiger partial charge in [0, 0.05) is 5.69 Å². The Morgan fingerprint density at radius 3 is 2.69 bits per heavy atom. The lowest BCUT2D eigenvalue weighted by molar-refractivity contribution is 0.201. The molecule has 0 saturated heterocycles. The molecule has 3 nitrogen and oxygen atoms in total. The SMILES string of the molecule is CC(C)c1ccc(OCCO)cn1. The number of pyridine rings is 1. The molecule has 0 aliphatic carbocycles. The van der Waals surface area contributed by atoms with Crippen LogP contribution in [0.1, 0.15) is 25.5 Å². The van der Waals surface area contributed by atoms with Gasteiger partial charge in [-0.1, -0.05) is 13.8 Å². The molecule has 0 spiro atoms. The first-order valence-electron chi connectivity index (χ1n) is 4.43. The summed E-state index contributed by atoms with van der Waals surface area (Å²) in [5.41, 5.74) is 1.05. The van der Waals surface area contributed by atoms with Crippen LogP contribution >= 0.6 is 0 Å². The molecule has 0 saturated carbocycles. The average molecular weight is 181 g/mol. The molecule has 1 aromatic rings. The average Bonchev–Trinajstić information content (AvgIpc) is 2.15. The molecule has 1 rings (SSSR count). The van der Waals surface area contributed by atoms with Gasteiger partial charge in [0.15, 0.2) is 0 Å². The van der Waals surface area contributed by atoms with Crippen molar-refractivity contribution >= 4 is 0 Å². The van der Waals surface area contributed by atoms with Gasteiger partial charge in [0.05, 0.1) is 12.8 Å². The number of nitrogens with zero attached hydrogens (tertiary/aromatic N) is 1. The van der Waals surface area contributed by atoms with Crippen LogP contribution in [0.5, 0.6) is 5.75 Å². The summed E-state index contributed by atoms with van der Waals surface area (Å²) >= 11 is 0. The summed E-state index contributed by atoms with van der Waals surface area (Å²) in [5.74, 6) is 1.14. The summed E-state index contributed by atoms with van der Waals surface area (Å²) in [4.78, 5) is 4.22. The molecular weight excluding hydrogens is 166 g/mol. The lowest BCUT2D eigenvalue weighted by Gasteiger charge is -2.06. The molecule has 72 valence electrons. The number of aliphatic hydroxyl groups excluding tert-OH is 1. The minimum absolute atomic E-state index is 0.0337. The van der Waals surface area contributed by atoms with Crippen LogP contribution in [0.25, 0.3) is 0 Å². The van der Waals surface area contributed by atoms with E-state index in [9.17, 15) is 0 Å². The van der Waals surface area contributed by atoms with Crippen molar-refractivity contribution in [1.29, 1.82) is 0 Å². The Kier molecular flexibility index (Phi) is 3.71. The molecule has 1 heterocycles. The zero-order valence-electron chi connectivity index (χ0n) is 8.03. The first-order valence-corrected chi connectivity index (χ1v) is 4.43. The molecule has 0 amide bonds. The summed E-state index contributed by atoms with van der Waals surface area (Å²) in [6.07, 6.45) is 1.69. The predicted molar refractivity (Wildman–Crippen MR) is 50.9 cm³/mol. The second-order valence-corrected chi connectivity index (χ2v) is 3.15. The second-order valence-electron chi connectivity index (χ2n) is 3.15. The highest BCUT2D eigenvalue weighted by Crippen LogP contribution is 2.14. The third kappa shape index (κ3) is 3.03. The Bertz CT molecular complexity index is 244. The molecule has 0 bridgehead atoms. The first-order chi connectivity index (χ1) is 6.24. The maximum atomic E-state index is 8.52. The number of rotatable bonds is 4. The van der Waals surface area contributed by atoms with Crippen LogP contribution in [0.4, 0.5) is 0 Å². The van der Waals surface area contributed by atoms with E-state index in [-0.39, 0.29) is 6.61 Å². The number of hydrogen-bond acceptors (Lipinski definition) is 3. The first kappa shape index (κ1) is 9.99. The molecule has 0 atom stereocenters. The van der Waals surface area contributed by atoms with Crippen LogP contribution < -0.4 is 4.74 Å². The van der Waals surface area contributed by atoms with Gasteiger partial charge in [-0.05, 0) is 18.1 Å². The molecule has 0 radical (unpaired) electrons. The standard InChI is InChI=1S/C10H15NO2/c1-8(2)10-4-3-9(7-11-10)13-6-5-12/h3-4,7-8,12H,5-6H2,1-2H3. The van der Waals surface area contributed by atoms with E-state index in [0.29, 0.717) is 18.3 Å². The van der Waals surface area contributed by atoms with Gasteiger partial charge in [-0.3, -0.25) is 4.98 Å². The molecule has 0 aliphatic rings. The summed E-state index contributed by atoms with van der Waals surface area (Å²) in [6.45, 7) is 4.54. The fraction of sp³-hybridized carbons (Fsp3) is 0.500. The van der Waals surface area contributed by atoms with E-state index in [1.807, 2.05) is 12.1 Å². The van der Waals surface area contributed by atoms with Crippen LogP contribution in [-0.4, -0.2) is 23.3 Å². The monoisotopic (exact) mass is 181 g/mol. The van der Waals surface area contributed by atoms with Gasteiger partial charge in [-0.2, -0.15) is 0 Å². The smallest absolute Gasteiger partial charge is 0.137 e. The molecule has 1 aromatic heterocycles. The molecule has 1 N–H and O–H groups in total. The number of aromatic nitrogens is 1. The van der Waals surface area contributed by atoms with E-state index in [1.54, 1.807) is 6.20 Å². The molecule has 0 unspecified atom stereocenters. The van der Waals surface area contributed by atoms with Crippen molar-refractivity contribution in [2.24, 2.45) is 0 Å². The maximum Gasteiger partial charge on any atom is 0.137 e. The number of hydrogen-bond donors (Lipinski definition) is 1. The van der Waals surface area contributed by atoms with Crippen molar-refractivity contribution in [3.8, 4) is 5.75 Å². The van der Waals surface area contributed by atoms with E-state index in [0.717, 1.165) is 5.69 Å². The predicted octanol–water partition coefficient (Wildman–Crippen LogP) is 1.58. The third-order valence-electron chi connectivity index (χ3n) is 1.71. The van der Waals surface area contributed by atoms with Gasteiger partial charge in [0.2, 0.25) is 0 Å². The molecule has 3 heteroatoms. The Labute approximate surface area is 78.4 Å². The van der Waals surface area contributed by atoms with Crippen LogP contribution in [0, 0.1) is 0 Å². The number of aliphatic hydroxyl groups is 1. The highest BCUT2D eigenvalue weighted by Gasteiger charge is 2.00. The zero-order chi connectivity index (χ0) is 9.68. The van der Waals surface area contributed by atoms with Crippen molar-refractivity contribution in [1.82, 2.24) is 4.98 Å². The van der Waals surface area contributed by atoms with Gasteiger partial charge in [-0.25, -0.2) is 0 Å². The van der Waals surface area contributed by atoms with E-state index >= 15 is 0 Å². The minimum atomic E-state index is 0.0337. The van der Waals surface area contributed by atoms with Gasteiger partial charge in [-0.15, -0.1) is 0 Å². The highest BCUT2D eigenvalue weighted by atomic mass is 16.5. The number of ether oxygens (including phenoxy) is 1. The summed E-state index contributed by atoms with van der Waals surface area (Å²) in [7, 11) is 0. The van der Waals surface area contributed by atoms with Gasteiger partial charge < -0.3 is 9.84 Å². The normalized spacial score (nSPS) is 10.5. The third-order valence-corrected chi connectivity index (χ3v) is 1.71. The van der Waals surface area contributed by atoms with Gasteiger partial charge >= 0.3 is 0 Å². The van der Waals surface area contributed by atoms with E-state index in [1.165, 1.54) is 0 Å². The molecule has 13 heavy (non-hydrogen) atoms. The van der Waals surface area contributed by atoms with Crippen LogP contribution in [-0.2, 0) is 0 Å². The van der Waals surface area contributed by atoms with Crippen LogP contribution in [0.3, 0.4) is 0 Å². The van der Waals surface area contributed by atoms with Crippen molar-refractivity contribution in [3.63, 3.8) is 0 Å². The van der Waals surface area contributed by atoms with Crippen LogP contribution in [0.15, 0.2) is 18.3 Å². The topological polar surface area (TPSA) is 42.4 Å². The fourth-order valence-corrected chi connectivity index (χ4v) is 0.982. The Hall–Kier alpha value is -1.09. The Balaban J connectivity index is 2.59.